The van der Waals surface area contributed by atoms with Crippen LogP contribution in [-0.2, 0) is 0 Å². The molecular weight excluding hydrogens is 192 g/mol. The van der Waals surface area contributed by atoms with Crippen LogP contribution < -0.4 is 5.73 Å². The number of halogens is 1. The molecule has 2 N–H and O–H groups in total. The number of aryl methyl sites for hydroxylation is 1. The molecule has 0 bridgehead atoms. The number of pyridine rings is 1. The summed E-state index contributed by atoms with van der Waals surface area (Å²) in [4.78, 5) is 4.21. The first-order valence-electron chi connectivity index (χ1n) is 3.62. The van der Waals surface area contributed by atoms with Gasteiger partial charge in [0.05, 0.1) is 10.0 Å². The Morgan fingerprint density at radius 2 is 2.08 bits per heavy atom. The third-order valence-electron chi connectivity index (χ3n) is 1.57. The van der Waals surface area contributed by atoms with E-state index in [1.165, 1.54) is 0 Å². The van der Waals surface area contributed by atoms with Crippen LogP contribution in [0.2, 0.25) is 5.02 Å². The van der Waals surface area contributed by atoms with Crippen LogP contribution in [0.3, 0.4) is 0 Å². The van der Waals surface area contributed by atoms with Crippen LogP contribution in [-0.4, -0.2) is 17.5 Å². The molecule has 0 spiro atoms. The molecule has 0 amide bonds. The second kappa shape index (κ2) is 3.54. The molecule has 0 saturated carbocycles. The molecule has 68 valence electrons. The highest BCUT2D eigenvalue weighted by atomic mass is 35.5. The summed E-state index contributed by atoms with van der Waals surface area (Å²) in [5, 5.41) is 1.71. The molecule has 1 rings (SSSR count). The zero-order chi connectivity index (χ0) is 9.30. The number of nitrogens with two attached hydrogens (primary N) is 1. The predicted octanol–water partition coefficient (Wildman–Crippen LogP) is 2.25. The summed E-state index contributed by atoms with van der Waals surface area (Å²) >= 11 is 6.06. The minimum atomic E-state index is -0.272. The molecule has 0 unspecified atom stereocenters. The molecule has 1 aromatic heterocycles. The van der Waals surface area contributed by atoms with Gasteiger partial charge in [-0.1, -0.05) is 11.6 Å². The van der Waals surface area contributed by atoms with Crippen molar-refractivity contribution >= 4 is 28.3 Å². The Labute approximate surface area is 80.5 Å². The highest BCUT2D eigenvalue weighted by molar-refractivity contribution is 8.15. The standard InChI is InChI=1S/C8H13ClN2S/c1-5-4-6(10)11-8(7(5)9)12(2)3/h4,12H,1-3H3,(H2,10,11). The van der Waals surface area contributed by atoms with E-state index in [-0.39, 0.29) is 10.9 Å². The maximum Gasteiger partial charge on any atom is 0.124 e. The minimum absolute atomic E-state index is 0.272. The summed E-state index contributed by atoms with van der Waals surface area (Å²) < 4.78 is 0. The van der Waals surface area contributed by atoms with E-state index >= 15 is 0 Å². The molecule has 1 aromatic rings. The Balaban J connectivity index is 3.28. The van der Waals surface area contributed by atoms with Gasteiger partial charge in [-0.2, -0.15) is 0 Å². The lowest BCUT2D eigenvalue weighted by molar-refractivity contribution is 1.12. The van der Waals surface area contributed by atoms with E-state index in [4.69, 9.17) is 17.3 Å². The van der Waals surface area contributed by atoms with E-state index in [9.17, 15) is 0 Å². The Hall–Kier alpha value is -0.410. The molecule has 12 heavy (non-hydrogen) atoms. The van der Waals surface area contributed by atoms with Crippen LogP contribution >= 0.6 is 22.5 Å². The van der Waals surface area contributed by atoms with Crippen molar-refractivity contribution in [1.82, 2.24) is 4.98 Å². The molecule has 0 aromatic carbocycles. The Morgan fingerprint density at radius 1 is 1.50 bits per heavy atom. The first-order chi connectivity index (χ1) is 5.52. The van der Waals surface area contributed by atoms with Crippen molar-refractivity contribution in [3.8, 4) is 0 Å². The molecule has 0 radical (unpaired) electrons. The molecule has 0 aliphatic heterocycles. The molecular formula is C8H13ClN2S. The fourth-order valence-corrected chi connectivity index (χ4v) is 2.45. The van der Waals surface area contributed by atoms with Gasteiger partial charge in [-0.3, -0.25) is 0 Å². The van der Waals surface area contributed by atoms with Crippen molar-refractivity contribution in [3.63, 3.8) is 0 Å². The Morgan fingerprint density at radius 3 is 2.58 bits per heavy atom. The van der Waals surface area contributed by atoms with Gasteiger partial charge in [0, 0.05) is 0 Å². The third-order valence-corrected chi connectivity index (χ3v) is 3.35. The van der Waals surface area contributed by atoms with Gasteiger partial charge >= 0.3 is 0 Å². The number of aromatic nitrogens is 1. The van der Waals surface area contributed by atoms with Gasteiger partial charge in [0.2, 0.25) is 0 Å². The lowest BCUT2D eigenvalue weighted by Gasteiger charge is -2.12. The predicted molar refractivity (Wildman–Crippen MR) is 57.5 cm³/mol. The summed E-state index contributed by atoms with van der Waals surface area (Å²) in [5.74, 6) is 0.558. The van der Waals surface area contributed by atoms with E-state index in [0.29, 0.717) is 5.82 Å². The third kappa shape index (κ3) is 1.84. The lowest BCUT2D eigenvalue weighted by Crippen LogP contribution is -1.96. The maximum atomic E-state index is 6.06. The van der Waals surface area contributed by atoms with E-state index < -0.39 is 0 Å². The fraction of sp³-hybridized carbons (Fsp3) is 0.375. The number of hydrogen-bond acceptors (Lipinski definition) is 2. The first kappa shape index (κ1) is 9.68. The average Bonchev–Trinajstić information content (AvgIpc) is 1.96. The minimum Gasteiger partial charge on any atom is -0.384 e. The smallest absolute Gasteiger partial charge is 0.124 e. The number of nitrogen functional groups attached to an aromatic ring is 1. The monoisotopic (exact) mass is 204 g/mol. The van der Waals surface area contributed by atoms with Crippen molar-refractivity contribution in [2.75, 3.05) is 18.2 Å². The number of nitrogens with zero attached hydrogens (tertiary/aromatic N) is 1. The van der Waals surface area contributed by atoms with Gasteiger partial charge in [-0.25, -0.2) is 15.9 Å². The fourth-order valence-electron chi connectivity index (χ4n) is 0.961. The number of rotatable bonds is 1. The van der Waals surface area contributed by atoms with Crippen LogP contribution in [0, 0.1) is 6.92 Å². The second-order valence-electron chi connectivity index (χ2n) is 2.90. The molecule has 0 fully saturated rings. The van der Waals surface area contributed by atoms with Crippen molar-refractivity contribution in [2.45, 2.75) is 11.9 Å². The molecule has 4 heteroatoms. The van der Waals surface area contributed by atoms with Gasteiger partial charge in [-0.15, -0.1) is 0 Å². The summed E-state index contributed by atoms with van der Waals surface area (Å²) in [5.41, 5.74) is 6.62. The largest absolute Gasteiger partial charge is 0.384 e. The van der Waals surface area contributed by atoms with Gasteiger partial charge in [0.15, 0.2) is 0 Å². The van der Waals surface area contributed by atoms with Crippen molar-refractivity contribution in [3.05, 3.63) is 16.7 Å². The van der Waals surface area contributed by atoms with E-state index in [1.54, 1.807) is 6.07 Å². The summed E-state index contributed by atoms with van der Waals surface area (Å²) in [7, 11) is -0.272. The Bertz CT molecular complexity index is 299. The molecule has 0 aliphatic rings. The molecule has 1 heterocycles. The molecule has 2 nitrogen and oxygen atoms in total. The van der Waals surface area contributed by atoms with Crippen LogP contribution in [0.25, 0.3) is 0 Å². The SMILES string of the molecule is Cc1cc(N)nc([SH](C)C)c1Cl. The number of anilines is 1. The zero-order valence-electron chi connectivity index (χ0n) is 7.43. The van der Waals surface area contributed by atoms with Crippen LogP contribution in [0.1, 0.15) is 5.56 Å². The summed E-state index contributed by atoms with van der Waals surface area (Å²) in [6, 6.07) is 1.80. The van der Waals surface area contributed by atoms with Crippen LogP contribution in [0.15, 0.2) is 11.1 Å². The van der Waals surface area contributed by atoms with Crippen LogP contribution in [0.5, 0.6) is 0 Å². The van der Waals surface area contributed by atoms with Crippen molar-refractivity contribution < 1.29 is 0 Å². The van der Waals surface area contributed by atoms with Gasteiger partial charge in [0.1, 0.15) is 5.82 Å². The van der Waals surface area contributed by atoms with Crippen molar-refractivity contribution in [1.29, 1.82) is 0 Å². The van der Waals surface area contributed by atoms with E-state index in [2.05, 4.69) is 17.5 Å². The lowest BCUT2D eigenvalue weighted by atomic mass is 10.3. The molecule has 0 saturated heterocycles. The molecule has 0 aliphatic carbocycles. The summed E-state index contributed by atoms with van der Waals surface area (Å²) in [6.07, 6.45) is 4.23. The first-order valence-corrected chi connectivity index (χ1v) is 6.23. The van der Waals surface area contributed by atoms with Crippen LogP contribution in [0.4, 0.5) is 5.82 Å². The number of hydrogen-bond donors (Lipinski definition) is 2. The number of thiol groups is 1. The maximum absolute atomic E-state index is 6.06. The van der Waals surface area contributed by atoms with Gasteiger partial charge < -0.3 is 5.73 Å². The second-order valence-corrected chi connectivity index (χ2v) is 5.49. The zero-order valence-corrected chi connectivity index (χ0v) is 9.08. The van der Waals surface area contributed by atoms with Crippen molar-refractivity contribution in [2.24, 2.45) is 0 Å². The normalized spacial score (nSPS) is 11.5. The quantitative estimate of drug-likeness (QED) is 0.689. The Kier molecular flexibility index (Phi) is 2.85. The van der Waals surface area contributed by atoms with E-state index in [0.717, 1.165) is 15.6 Å². The average molecular weight is 205 g/mol. The van der Waals surface area contributed by atoms with Gasteiger partial charge in [0.25, 0.3) is 0 Å². The topological polar surface area (TPSA) is 38.9 Å². The van der Waals surface area contributed by atoms with Gasteiger partial charge in [-0.05, 0) is 31.1 Å². The highest BCUT2D eigenvalue weighted by Crippen LogP contribution is 2.35. The summed E-state index contributed by atoms with van der Waals surface area (Å²) in [6.45, 7) is 1.95. The highest BCUT2D eigenvalue weighted by Gasteiger charge is 2.07. The van der Waals surface area contributed by atoms with E-state index in [1.807, 2.05) is 6.92 Å². The molecule has 0 atom stereocenters.